The van der Waals surface area contributed by atoms with Crippen LogP contribution in [-0.4, -0.2) is 15.1 Å². The van der Waals surface area contributed by atoms with Gasteiger partial charge >= 0.3 is 0 Å². The first-order valence-electron chi connectivity index (χ1n) is 3.71. The number of benzene rings is 1. The molecule has 0 fully saturated rings. The zero-order chi connectivity index (χ0) is 8.39. The highest BCUT2D eigenvalue weighted by Crippen LogP contribution is 2.08. The van der Waals surface area contributed by atoms with Gasteiger partial charge in [-0.1, -0.05) is 18.2 Å². The van der Waals surface area contributed by atoms with Gasteiger partial charge in [0.05, 0.1) is 5.52 Å². The molecule has 12 heavy (non-hydrogen) atoms. The summed E-state index contributed by atoms with van der Waals surface area (Å²) in [5.41, 5.74) is 0.872. The molecule has 2 aromatic rings. The molecule has 1 heterocycles. The van der Waals surface area contributed by atoms with Crippen LogP contribution in [0.3, 0.4) is 0 Å². The van der Waals surface area contributed by atoms with Crippen LogP contribution < -0.4 is 0 Å². The zero-order valence-corrected chi connectivity index (χ0v) is 6.44. The predicted molar refractivity (Wildman–Crippen MR) is 45.5 cm³/mol. The summed E-state index contributed by atoms with van der Waals surface area (Å²) < 4.78 is 0. The van der Waals surface area contributed by atoms with E-state index in [1.54, 1.807) is 6.20 Å². The Balaban J connectivity index is 2.67. The average Bonchev–Trinajstić information content (AvgIpc) is 2.17. The van der Waals surface area contributed by atoms with Crippen molar-refractivity contribution in [1.29, 1.82) is 0 Å². The summed E-state index contributed by atoms with van der Waals surface area (Å²) in [6, 6.07) is 7.69. The van der Waals surface area contributed by atoms with Crippen molar-refractivity contribution >= 4 is 10.9 Å². The van der Waals surface area contributed by atoms with E-state index in [4.69, 9.17) is 5.11 Å². The molecule has 0 aliphatic heterocycles. The van der Waals surface area contributed by atoms with E-state index in [1.165, 1.54) is 0 Å². The Bertz CT molecular complexity index is 400. The first kappa shape index (κ1) is 7.18. The highest BCUT2D eigenvalue weighted by atomic mass is 16.3. The van der Waals surface area contributed by atoms with Crippen LogP contribution in [0.25, 0.3) is 10.9 Å². The molecule has 0 bridgehead atoms. The Hall–Kier alpha value is -1.48. The Labute approximate surface area is 69.7 Å². The standard InChI is InChI=1S/C9H8N2O/c12-6-9-10-5-7-3-1-2-4-8(7)11-9/h1-5,12H,6H2. The number of hydrogen-bond donors (Lipinski definition) is 1. The quantitative estimate of drug-likeness (QED) is 0.680. The lowest BCUT2D eigenvalue weighted by Gasteiger charge is -1.97. The molecule has 0 atom stereocenters. The molecule has 3 heteroatoms. The second-order valence-electron chi connectivity index (χ2n) is 2.50. The maximum atomic E-state index is 8.77. The van der Waals surface area contributed by atoms with E-state index >= 15 is 0 Å². The first-order chi connectivity index (χ1) is 5.90. The Morgan fingerprint density at radius 3 is 2.92 bits per heavy atom. The van der Waals surface area contributed by atoms with Crippen molar-refractivity contribution in [3.63, 3.8) is 0 Å². The van der Waals surface area contributed by atoms with Crippen LogP contribution in [0.2, 0.25) is 0 Å². The molecule has 0 aliphatic carbocycles. The van der Waals surface area contributed by atoms with Gasteiger partial charge < -0.3 is 5.11 Å². The summed E-state index contributed by atoms with van der Waals surface area (Å²) in [5.74, 6) is 0.466. The van der Waals surface area contributed by atoms with E-state index < -0.39 is 0 Å². The van der Waals surface area contributed by atoms with Gasteiger partial charge in [0, 0.05) is 11.6 Å². The zero-order valence-electron chi connectivity index (χ0n) is 6.44. The third-order valence-corrected chi connectivity index (χ3v) is 1.68. The molecule has 0 radical (unpaired) electrons. The third-order valence-electron chi connectivity index (χ3n) is 1.68. The monoisotopic (exact) mass is 160 g/mol. The van der Waals surface area contributed by atoms with E-state index in [9.17, 15) is 0 Å². The van der Waals surface area contributed by atoms with Gasteiger partial charge in [0.1, 0.15) is 6.61 Å². The van der Waals surface area contributed by atoms with Crippen LogP contribution >= 0.6 is 0 Å². The average molecular weight is 160 g/mol. The molecule has 1 aromatic heterocycles. The molecule has 2 rings (SSSR count). The Morgan fingerprint density at radius 2 is 2.08 bits per heavy atom. The minimum atomic E-state index is -0.106. The summed E-state index contributed by atoms with van der Waals surface area (Å²) >= 11 is 0. The van der Waals surface area contributed by atoms with Crippen molar-refractivity contribution in [2.24, 2.45) is 0 Å². The van der Waals surface area contributed by atoms with Gasteiger partial charge in [-0.25, -0.2) is 9.97 Å². The van der Waals surface area contributed by atoms with Crippen LogP contribution in [0.1, 0.15) is 5.82 Å². The fourth-order valence-electron chi connectivity index (χ4n) is 1.09. The molecule has 1 N–H and O–H groups in total. The van der Waals surface area contributed by atoms with Crippen LogP contribution in [-0.2, 0) is 6.61 Å². The van der Waals surface area contributed by atoms with E-state index in [1.807, 2.05) is 24.3 Å². The molecule has 0 unspecified atom stereocenters. The summed E-state index contributed by atoms with van der Waals surface area (Å²) in [6.07, 6.45) is 1.72. The van der Waals surface area contributed by atoms with Crippen LogP contribution in [0, 0.1) is 0 Å². The fourth-order valence-corrected chi connectivity index (χ4v) is 1.09. The number of aliphatic hydroxyl groups excluding tert-OH is 1. The maximum absolute atomic E-state index is 8.77. The second kappa shape index (κ2) is 2.87. The number of rotatable bonds is 1. The minimum absolute atomic E-state index is 0.106. The number of aromatic nitrogens is 2. The summed E-state index contributed by atoms with van der Waals surface area (Å²) in [4.78, 5) is 8.10. The number of aliphatic hydroxyl groups is 1. The molecule has 0 saturated carbocycles. The molecule has 0 aliphatic rings. The fraction of sp³-hybridized carbons (Fsp3) is 0.111. The van der Waals surface area contributed by atoms with Gasteiger partial charge in [0.15, 0.2) is 5.82 Å². The van der Waals surface area contributed by atoms with Gasteiger partial charge in [-0.05, 0) is 6.07 Å². The van der Waals surface area contributed by atoms with Crippen molar-refractivity contribution in [2.75, 3.05) is 0 Å². The molecular formula is C9H8N2O. The number of nitrogens with zero attached hydrogens (tertiary/aromatic N) is 2. The molecule has 0 saturated heterocycles. The highest BCUT2D eigenvalue weighted by Gasteiger charge is 1.95. The highest BCUT2D eigenvalue weighted by molar-refractivity contribution is 5.77. The normalized spacial score (nSPS) is 10.4. The second-order valence-corrected chi connectivity index (χ2v) is 2.50. The molecule has 0 amide bonds. The SMILES string of the molecule is OCc1ncc2ccccc2n1. The lowest BCUT2D eigenvalue weighted by Crippen LogP contribution is -1.93. The largest absolute Gasteiger partial charge is 0.388 e. The lowest BCUT2D eigenvalue weighted by molar-refractivity contribution is 0.272. The topological polar surface area (TPSA) is 46.0 Å². The van der Waals surface area contributed by atoms with Crippen molar-refractivity contribution in [2.45, 2.75) is 6.61 Å². The minimum Gasteiger partial charge on any atom is -0.388 e. The van der Waals surface area contributed by atoms with Crippen molar-refractivity contribution < 1.29 is 5.11 Å². The van der Waals surface area contributed by atoms with E-state index in [0.717, 1.165) is 10.9 Å². The number of para-hydroxylation sites is 1. The summed E-state index contributed by atoms with van der Waals surface area (Å²) in [5, 5.41) is 9.77. The molecule has 3 nitrogen and oxygen atoms in total. The van der Waals surface area contributed by atoms with E-state index in [0.29, 0.717) is 5.82 Å². The lowest BCUT2D eigenvalue weighted by atomic mass is 10.2. The summed E-state index contributed by atoms with van der Waals surface area (Å²) in [7, 11) is 0. The van der Waals surface area contributed by atoms with Crippen molar-refractivity contribution in [3.8, 4) is 0 Å². The van der Waals surface area contributed by atoms with Crippen LogP contribution in [0.5, 0.6) is 0 Å². The molecule has 0 spiro atoms. The predicted octanol–water partition coefficient (Wildman–Crippen LogP) is 1.12. The molecule has 60 valence electrons. The van der Waals surface area contributed by atoms with E-state index in [-0.39, 0.29) is 6.61 Å². The molecule has 1 aromatic carbocycles. The smallest absolute Gasteiger partial charge is 0.154 e. The van der Waals surface area contributed by atoms with Crippen molar-refractivity contribution in [3.05, 3.63) is 36.3 Å². The van der Waals surface area contributed by atoms with Crippen LogP contribution in [0.15, 0.2) is 30.5 Å². The van der Waals surface area contributed by atoms with Gasteiger partial charge in [-0.15, -0.1) is 0 Å². The Kier molecular flexibility index (Phi) is 1.72. The number of fused-ring (bicyclic) bond motifs is 1. The van der Waals surface area contributed by atoms with Gasteiger partial charge in [-0.3, -0.25) is 0 Å². The Morgan fingerprint density at radius 1 is 1.25 bits per heavy atom. The van der Waals surface area contributed by atoms with E-state index in [2.05, 4.69) is 9.97 Å². The first-order valence-corrected chi connectivity index (χ1v) is 3.71. The van der Waals surface area contributed by atoms with Gasteiger partial charge in [0.25, 0.3) is 0 Å². The van der Waals surface area contributed by atoms with Gasteiger partial charge in [-0.2, -0.15) is 0 Å². The summed E-state index contributed by atoms with van der Waals surface area (Å²) in [6.45, 7) is -0.106. The maximum Gasteiger partial charge on any atom is 0.154 e. The molecular weight excluding hydrogens is 152 g/mol. The van der Waals surface area contributed by atoms with Gasteiger partial charge in [0.2, 0.25) is 0 Å². The number of hydrogen-bond acceptors (Lipinski definition) is 3. The van der Waals surface area contributed by atoms with Crippen LogP contribution in [0.4, 0.5) is 0 Å². The third kappa shape index (κ3) is 1.14. The van der Waals surface area contributed by atoms with Crippen molar-refractivity contribution in [1.82, 2.24) is 9.97 Å².